The van der Waals surface area contributed by atoms with Gasteiger partial charge in [-0.1, -0.05) is 24.3 Å². The number of amides is 1. The number of hydrogen-bond donors (Lipinski definition) is 5. The molecular weight excluding hydrogens is 366 g/mol. The van der Waals surface area contributed by atoms with E-state index in [9.17, 15) is 14.4 Å². The third-order valence-corrected chi connectivity index (χ3v) is 3.92. The topological polar surface area (TPSA) is 180 Å². The number of nitrogens with one attached hydrogen (secondary N) is 3. The number of amidine groups is 1. The largest absolute Gasteiger partial charge is 0.481 e. The van der Waals surface area contributed by atoms with E-state index in [0.717, 1.165) is 4.57 Å². The Balaban J connectivity index is 1.82. The number of carboxylic acids is 1. The Bertz CT molecular complexity index is 1110. The van der Waals surface area contributed by atoms with E-state index in [1.165, 1.54) is 6.33 Å². The van der Waals surface area contributed by atoms with Crippen LogP contribution in [0.3, 0.4) is 0 Å². The number of nitrogens with zero attached hydrogens (tertiary/aromatic N) is 3. The molecule has 6 N–H and O–H groups in total. The van der Waals surface area contributed by atoms with Crippen LogP contribution in [0.2, 0.25) is 0 Å². The first-order chi connectivity index (χ1) is 13.3. The number of benzene rings is 1. The van der Waals surface area contributed by atoms with Crippen LogP contribution in [-0.2, 0) is 16.1 Å². The van der Waals surface area contributed by atoms with Crippen molar-refractivity contribution in [2.45, 2.75) is 13.0 Å². The van der Waals surface area contributed by atoms with E-state index in [0.29, 0.717) is 17.0 Å². The van der Waals surface area contributed by atoms with Crippen molar-refractivity contribution in [2.24, 2.45) is 5.73 Å². The molecule has 0 spiro atoms. The number of fused-ring (bicyclic) bond motifs is 1. The van der Waals surface area contributed by atoms with Gasteiger partial charge in [0.15, 0.2) is 11.2 Å². The average molecular weight is 383 g/mol. The first-order valence-electron chi connectivity index (χ1n) is 8.23. The van der Waals surface area contributed by atoms with Crippen LogP contribution in [0.4, 0.5) is 0 Å². The van der Waals surface area contributed by atoms with E-state index in [1.54, 1.807) is 24.3 Å². The summed E-state index contributed by atoms with van der Waals surface area (Å²) >= 11 is 0. The zero-order valence-corrected chi connectivity index (χ0v) is 14.6. The number of aliphatic carboxylic acids is 1. The second kappa shape index (κ2) is 7.70. The number of carboxylic acid groups (broad SMARTS) is 1. The van der Waals surface area contributed by atoms with Crippen molar-refractivity contribution in [2.75, 3.05) is 6.54 Å². The van der Waals surface area contributed by atoms with Crippen LogP contribution in [0.1, 0.15) is 12.0 Å². The molecule has 0 saturated heterocycles. The first-order valence-corrected chi connectivity index (χ1v) is 8.23. The summed E-state index contributed by atoms with van der Waals surface area (Å²) in [4.78, 5) is 46.1. The van der Waals surface area contributed by atoms with E-state index >= 15 is 0 Å². The molecule has 0 aliphatic carbocycles. The molecule has 0 radical (unpaired) electrons. The molecule has 3 aromatic rings. The van der Waals surface area contributed by atoms with E-state index in [4.69, 9.17) is 16.2 Å². The lowest BCUT2D eigenvalue weighted by Gasteiger charge is -2.05. The summed E-state index contributed by atoms with van der Waals surface area (Å²) in [5.41, 5.74) is 6.55. The van der Waals surface area contributed by atoms with Gasteiger partial charge in [0.25, 0.3) is 5.56 Å². The predicted octanol–water partition coefficient (Wildman–Crippen LogP) is -0.338. The smallest absolute Gasteiger partial charge is 0.305 e. The summed E-state index contributed by atoms with van der Waals surface area (Å²) in [6.07, 6.45) is 1.01. The molecule has 0 unspecified atom stereocenters. The highest BCUT2D eigenvalue weighted by Crippen LogP contribution is 2.18. The minimum atomic E-state index is -1.03. The molecule has 0 bridgehead atoms. The number of carbonyl (C=O) groups excluding carboxylic acids is 1. The zero-order valence-electron chi connectivity index (χ0n) is 14.6. The van der Waals surface area contributed by atoms with Crippen LogP contribution in [0, 0.1) is 5.41 Å². The number of aromatic nitrogens is 4. The van der Waals surface area contributed by atoms with Gasteiger partial charge < -0.3 is 21.1 Å². The molecule has 2 aromatic heterocycles. The summed E-state index contributed by atoms with van der Waals surface area (Å²) in [5.74, 6) is -1.16. The summed E-state index contributed by atoms with van der Waals surface area (Å²) < 4.78 is 1.11. The number of H-pyrrole nitrogens is 1. The fourth-order valence-electron chi connectivity index (χ4n) is 2.50. The molecule has 0 aliphatic heterocycles. The lowest BCUT2D eigenvalue weighted by Crippen LogP contribution is -2.33. The van der Waals surface area contributed by atoms with E-state index < -0.39 is 17.4 Å². The third kappa shape index (κ3) is 4.03. The number of imidazole rings is 1. The van der Waals surface area contributed by atoms with E-state index in [1.807, 2.05) is 0 Å². The van der Waals surface area contributed by atoms with Crippen molar-refractivity contribution in [3.05, 3.63) is 46.5 Å². The fraction of sp³-hybridized carbons (Fsp3) is 0.176. The Hall–Kier alpha value is -4.02. The maximum absolute atomic E-state index is 12.6. The normalized spacial score (nSPS) is 10.7. The second-order valence-corrected chi connectivity index (χ2v) is 5.95. The second-order valence-electron chi connectivity index (χ2n) is 5.95. The molecule has 2 heterocycles. The number of carbonyl (C=O) groups is 2. The minimum Gasteiger partial charge on any atom is -0.481 e. The van der Waals surface area contributed by atoms with Crippen LogP contribution in [0.15, 0.2) is 35.4 Å². The molecular formula is C17H17N7O4. The summed E-state index contributed by atoms with van der Waals surface area (Å²) in [7, 11) is 0. The van der Waals surface area contributed by atoms with Crippen LogP contribution in [0.5, 0.6) is 0 Å². The van der Waals surface area contributed by atoms with E-state index in [2.05, 4.69) is 20.3 Å². The predicted molar refractivity (Wildman–Crippen MR) is 99.9 cm³/mol. The number of nitrogen functional groups attached to an aromatic ring is 1. The molecule has 1 amide bonds. The van der Waals surface area contributed by atoms with Gasteiger partial charge >= 0.3 is 5.97 Å². The lowest BCUT2D eigenvalue weighted by molar-refractivity contribution is -0.136. The van der Waals surface area contributed by atoms with Crippen molar-refractivity contribution in [3.63, 3.8) is 0 Å². The zero-order chi connectivity index (χ0) is 20.3. The maximum atomic E-state index is 12.6. The summed E-state index contributed by atoms with van der Waals surface area (Å²) in [5, 5.41) is 18.4. The summed E-state index contributed by atoms with van der Waals surface area (Å²) in [6.45, 7) is -0.313. The maximum Gasteiger partial charge on any atom is 0.305 e. The Labute approximate surface area is 157 Å². The highest BCUT2D eigenvalue weighted by atomic mass is 16.4. The number of aromatic amines is 1. The van der Waals surface area contributed by atoms with Gasteiger partial charge in [0.1, 0.15) is 24.5 Å². The number of rotatable bonds is 7. The van der Waals surface area contributed by atoms with Crippen LogP contribution >= 0.6 is 0 Å². The van der Waals surface area contributed by atoms with Crippen molar-refractivity contribution in [1.29, 1.82) is 5.41 Å². The number of nitrogens with two attached hydrogens (primary N) is 1. The first kappa shape index (κ1) is 18.8. The van der Waals surface area contributed by atoms with Gasteiger partial charge in [-0.2, -0.15) is 0 Å². The van der Waals surface area contributed by atoms with Crippen molar-refractivity contribution < 1.29 is 14.7 Å². The molecule has 11 nitrogen and oxygen atoms in total. The van der Waals surface area contributed by atoms with Gasteiger partial charge in [0.05, 0.1) is 6.42 Å². The van der Waals surface area contributed by atoms with Crippen molar-refractivity contribution in [1.82, 2.24) is 24.8 Å². The third-order valence-electron chi connectivity index (χ3n) is 3.92. The summed E-state index contributed by atoms with van der Waals surface area (Å²) in [6, 6.07) is 6.75. The Kier molecular flexibility index (Phi) is 5.16. The van der Waals surface area contributed by atoms with Gasteiger partial charge in [0.2, 0.25) is 5.91 Å². The van der Waals surface area contributed by atoms with Crippen molar-refractivity contribution >= 4 is 28.9 Å². The molecule has 1 aromatic carbocycles. The van der Waals surface area contributed by atoms with Crippen LogP contribution in [-0.4, -0.2) is 48.9 Å². The van der Waals surface area contributed by atoms with Gasteiger partial charge in [-0.25, -0.2) is 9.97 Å². The minimum absolute atomic E-state index is 0.0247. The SMILES string of the molecule is N=C(N)c1ccc(-c2nc3ncn(CC(=O)NCCC(=O)O)c(=O)c3[nH]2)cc1. The highest BCUT2D eigenvalue weighted by Gasteiger charge is 2.13. The number of hydrogen-bond acceptors (Lipinski definition) is 6. The molecule has 0 atom stereocenters. The molecule has 144 valence electrons. The standard InChI is InChI=1S/C17H17N7O4/c18-14(19)9-1-3-10(4-2-9)15-22-13-16(23-15)21-8-24(17(13)28)7-11(25)20-6-5-12(26)27/h1-4,8H,5-7H2,(H3,18,19)(H,20,25)(H,22,23)(H,26,27). The fourth-order valence-corrected chi connectivity index (χ4v) is 2.50. The van der Waals surface area contributed by atoms with Crippen molar-refractivity contribution in [3.8, 4) is 11.4 Å². The van der Waals surface area contributed by atoms with Crippen LogP contribution < -0.4 is 16.6 Å². The Morgan fingerprint density at radius 1 is 1.29 bits per heavy atom. The highest BCUT2D eigenvalue weighted by molar-refractivity contribution is 5.95. The Morgan fingerprint density at radius 3 is 2.64 bits per heavy atom. The quantitative estimate of drug-likeness (QED) is 0.273. The molecule has 0 fully saturated rings. The van der Waals surface area contributed by atoms with E-state index in [-0.39, 0.29) is 36.5 Å². The molecule has 0 aliphatic rings. The monoisotopic (exact) mass is 383 g/mol. The van der Waals surface area contributed by atoms with Gasteiger partial charge in [0, 0.05) is 17.7 Å². The molecule has 11 heteroatoms. The molecule has 3 rings (SSSR count). The Morgan fingerprint density at radius 2 is 2.00 bits per heavy atom. The van der Waals surface area contributed by atoms with Gasteiger partial charge in [-0.15, -0.1) is 0 Å². The molecule has 28 heavy (non-hydrogen) atoms. The van der Waals surface area contributed by atoms with Gasteiger partial charge in [-0.05, 0) is 0 Å². The average Bonchev–Trinajstić information content (AvgIpc) is 3.09. The lowest BCUT2D eigenvalue weighted by atomic mass is 10.1. The molecule has 0 saturated carbocycles. The van der Waals surface area contributed by atoms with Crippen LogP contribution in [0.25, 0.3) is 22.6 Å². The van der Waals surface area contributed by atoms with Gasteiger partial charge in [-0.3, -0.25) is 24.4 Å².